The van der Waals surface area contributed by atoms with E-state index >= 15 is 0 Å². The molecule has 0 radical (unpaired) electrons. The standard InChI is InChI=1S/C26H27N3O2/c30-25-4-1-3-24(25)28-16-20-15-22(18-7-8-18)19(14-23(20)26(28)31)13-17-5-9-21(10-6-17)29-12-2-11-27-29/h2,5-6,9-12,14-15,18,24-25,30H,1,3-4,7-8,13,16H2/t24-,25-/m1/s1. The van der Waals surface area contributed by atoms with Crippen molar-refractivity contribution in [1.29, 1.82) is 0 Å². The zero-order chi connectivity index (χ0) is 20.9. The molecule has 31 heavy (non-hydrogen) atoms. The minimum atomic E-state index is -0.381. The van der Waals surface area contributed by atoms with Crippen molar-refractivity contribution >= 4 is 5.91 Å². The Kier molecular flexibility index (Phi) is 4.46. The zero-order valence-electron chi connectivity index (χ0n) is 17.6. The first-order chi connectivity index (χ1) is 15.2. The molecule has 3 aliphatic rings. The minimum Gasteiger partial charge on any atom is -0.391 e. The molecule has 2 saturated carbocycles. The van der Waals surface area contributed by atoms with Crippen molar-refractivity contribution in [3.05, 3.63) is 82.7 Å². The molecule has 2 aromatic carbocycles. The van der Waals surface area contributed by atoms with Crippen LogP contribution in [0, 0.1) is 0 Å². The van der Waals surface area contributed by atoms with Crippen molar-refractivity contribution in [2.75, 3.05) is 0 Å². The lowest BCUT2D eigenvalue weighted by Crippen LogP contribution is -2.40. The van der Waals surface area contributed by atoms with Gasteiger partial charge in [0.25, 0.3) is 5.91 Å². The van der Waals surface area contributed by atoms with Crippen LogP contribution in [0.4, 0.5) is 0 Å². The predicted molar refractivity (Wildman–Crippen MR) is 118 cm³/mol. The average Bonchev–Trinajstić information content (AvgIpc) is 3.16. The van der Waals surface area contributed by atoms with Crippen LogP contribution in [0.5, 0.6) is 0 Å². The number of carbonyl (C=O) groups excluding carboxylic acids is 1. The SMILES string of the molecule is O=C1c2cc(Cc3ccc(-n4cccn4)cc3)c(C3CC3)cc2CN1[C@@H]1CCC[C@H]1O. The second-order valence-electron chi connectivity index (χ2n) is 9.27. The number of carbonyl (C=O) groups is 1. The van der Waals surface area contributed by atoms with E-state index in [9.17, 15) is 9.90 Å². The Morgan fingerprint density at radius 2 is 1.90 bits per heavy atom. The van der Waals surface area contributed by atoms with Crippen LogP contribution >= 0.6 is 0 Å². The molecular formula is C26H27N3O2. The van der Waals surface area contributed by atoms with Crippen molar-refractivity contribution in [2.24, 2.45) is 0 Å². The molecular weight excluding hydrogens is 386 g/mol. The van der Waals surface area contributed by atoms with Crippen LogP contribution in [-0.4, -0.2) is 37.8 Å². The Bertz CT molecular complexity index is 1120. The summed E-state index contributed by atoms with van der Waals surface area (Å²) in [5.41, 5.74) is 6.96. The number of fused-ring (bicyclic) bond motifs is 1. The number of benzene rings is 2. The van der Waals surface area contributed by atoms with Crippen LogP contribution in [0.25, 0.3) is 5.69 Å². The summed E-state index contributed by atoms with van der Waals surface area (Å²) in [6, 6.07) is 14.8. The molecule has 0 saturated heterocycles. The molecule has 1 N–H and O–H groups in total. The highest BCUT2D eigenvalue weighted by atomic mass is 16.3. The lowest BCUT2D eigenvalue weighted by atomic mass is 9.92. The average molecular weight is 414 g/mol. The molecule has 2 atom stereocenters. The Balaban J connectivity index is 1.29. The third kappa shape index (κ3) is 3.37. The summed E-state index contributed by atoms with van der Waals surface area (Å²) in [7, 11) is 0. The predicted octanol–water partition coefficient (Wildman–Crippen LogP) is 4.21. The number of aliphatic hydroxyl groups is 1. The van der Waals surface area contributed by atoms with Crippen LogP contribution < -0.4 is 0 Å². The van der Waals surface area contributed by atoms with Gasteiger partial charge in [0.15, 0.2) is 0 Å². The number of amides is 1. The number of nitrogens with zero attached hydrogens (tertiary/aromatic N) is 3. The largest absolute Gasteiger partial charge is 0.391 e. The van der Waals surface area contributed by atoms with E-state index in [4.69, 9.17) is 0 Å². The summed E-state index contributed by atoms with van der Waals surface area (Å²) in [6.07, 6.45) is 9.37. The van der Waals surface area contributed by atoms with Gasteiger partial charge in [0.2, 0.25) is 0 Å². The lowest BCUT2D eigenvalue weighted by molar-refractivity contribution is 0.0479. The second kappa shape index (κ2) is 7.34. The van der Waals surface area contributed by atoms with Gasteiger partial charge in [0.05, 0.1) is 17.8 Å². The van der Waals surface area contributed by atoms with E-state index in [1.54, 1.807) is 6.20 Å². The van der Waals surface area contributed by atoms with E-state index in [-0.39, 0.29) is 18.1 Å². The highest BCUT2D eigenvalue weighted by molar-refractivity contribution is 5.99. The maximum atomic E-state index is 13.2. The van der Waals surface area contributed by atoms with Gasteiger partial charge in [0, 0.05) is 24.5 Å². The van der Waals surface area contributed by atoms with Crippen LogP contribution in [0.1, 0.15) is 70.6 Å². The normalized spacial score (nSPS) is 22.9. The minimum absolute atomic E-state index is 0.0254. The Morgan fingerprint density at radius 1 is 1.06 bits per heavy atom. The molecule has 2 fully saturated rings. The number of aliphatic hydroxyl groups excluding tert-OH is 1. The maximum Gasteiger partial charge on any atom is 0.254 e. The molecule has 1 amide bonds. The molecule has 5 nitrogen and oxygen atoms in total. The molecule has 1 aromatic heterocycles. The molecule has 0 bridgehead atoms. The first kappa shape index (κ1) is 18.8. The topological polar surface area (TPSA) is 58.4 Å². The van der Waals surface area contributed by atoms with Crippen molar-refractivity contribution in [1.82, 2.24) is 14.7 Å². The highest BCUT2D eigenvalue weighted by Gasteiger charge is 2.39. The quantitative estimate of drug-likeness (QED) is 0.682. The van der Waals surface area contributed by atoms with Gasteiger partial charge in [-0.25, -0.2) is 4.68 Å². The Hall–Kier alpha value is -2.92. The van der Waals surface area contributed by atoms with Crippen LogP contribution in [0.15, 0.2) is 54.9 Å². The Labute approximate surface area is 182 Å². The summed E-state index contributed by atoms with van der Waals surface area (Å²) in [5, 5.41) is 14.6. The molecule has 1 aliphatic heterocycles. The molecule has 0 unspecified atom stereocenters. The van der Waals surface area contributed by atoms with Crippen molar-refractivity contribution in [3.8, 4) is 5.69 Å². The monoisotopic (exact) mass is 413 g/mol. The maximum absolute atomic E-state index is 13.2. The van der Waals surface area contributed by atoms with Gasteiger partial charge in [-0.3, -0.25) is 4.79 Å². The molecule has 158 valence electrons. The first-order valence-corrected chi connectivity index (χ1v) is 11.4. The number of hydrogen-bond donors (Lipinski definition) is 1. The van der Waals surface area contributed by atoms with E-state index < -0.39 is 0 Å². The van der Waals surface area contributed by atoms with E-state index in [2.05, 4.69) is 41.5 Å². The summed E-state index contributed by atoms with van der Waals surface area (Å²) in [5.74, 6) is 0.725. The smallest absolute Gasteiger partial charge is 0.254 e. The third-order valence-electron chi connectivity index (χ3n) is 7.16. The number of hydrogen-bond acceptors (Lipinski definition) is 3. The van der Waals surface area contributed by atoms with E-state index in [0.29, 0.717) is 12.5 Å². The van der Waals surface area contributed by atoms with Crippen molar-refractivity contribution < 1.29 is 9.90 Å². The van der Waals surface area contributed by atoms with E-state index in [1.165, 1.54) is 29.5 Å². The van der Waals surface area contributed by atoms with Crippen molar-refractivity contribution in [3.63, 3.8) is 0 Å². The molecule has 2 aliphatic carbocycles. The fourth-order valence-electron chi connectivity index (χ4n) is 5.34. The van der Waals surface area contributed by atoms with Crippen molar-refractivity contribution in [2.45, 2.75) is 63.1 Å². The zero-order valence-corrected chi connectivity index (χ0v) is 17.6. The van der Waals surface area contributed by atoms with E-state index in [0.717, 1.165) is 42.5 Å². The molecule has 3 aromatic rings. The molecule has 2 heterocycles. The van der Waals surface area contributed by atoms with Gasteiger partial charge in [-0.1, -0.05) is 18.2 Å². The van der Waals surface area contributed by atoms with Crippen LogP contribution in [0.3, 0.4) is 0 Å². The molecule has 5 heteroatoms. The number of aromatic nitrogens is 2. The summed E-state index contributed by atoms with van der Waals surface area (Å²) in [4.78, 5) is 15.1. The molecule has 0 spiro atoms. The Morgan fingerprint density at radius 3 is 2.58 bits per heavy atom. The lowest BCUT2D eigenvalue weighted by Gasteiger charge is -2.26. The summed E-state index contributed by atoms with van der Waals surface area (Å²) < 4.78 is 1.86. The number of rotatable bonds is 5. The van der Waals surface area contributed by atoms with Gasteiger partial charge in [-0.2, -0.15) is 5.10 Å². The van der Waals surface area contributed by atoms with Crippen LogP contribution in [0.2, 0.25) is 0 Å². The molecule has 6 rings (SSSR count). The first-order valence-electron chi connectivity index (χ1n) is 11.4. The van der Waals surface area contributed by atoms with Gasteiger partial charge in [0.1, 0.15) is 0 Å². The van der Waals surface area contributed by atoms with Gasteiger partial charge in [-0.05, 0) is 91.0 Å². The van der Waals surface area contributed by atoms with E-state index in [1.807, 2.05) is 21.8 Å². The fourth-order valence-corrected chi connectivity index (χ4v) is 5.34. The van der Waals surface area contributed by atoms with Crippen LogP contribution in [-0.2, 0) is 13.0 Å². The second-order valence-corrected chi connectivity index (χ2v) is 9.27. The third-order valence-corrected chi connectivity index (χ3v) is 7.16. The highest BCUT2D eigenvalue weighted by Crippen LogP contribution is 2.44. The van der Waals surface area contributed by atoms with Gasteiger partial charge in [-0.15, -0.1) is 0 Å². The summed E-state index contributed by atoms with van der Waals surface area (Å²) >= 11 is 0. The fraction of sp³-hybridized carbons (Fsp3) is 0.385. The summed E-state index contributed by atoms with van der Waals surface area (Å²) in [6.45, 7) is 0.647. The van der Waals surface area contributed by atoms with Gasteiger partial charge >= 0.3 is 0 Å². The van der Waals surface area contributed by atoms with Gasteiger partial charge < -0.3 is 10.0 Å².